The number of rotatable bonds is 2. The molecule has 0 saturated heterocycles. The monoisotopic (exact) mass is 226 g/mol. The summed E-state index contributed by atoms with van der Waals surface area (Å²) in [5, 5.41) is 11.8. The maximum Gasteiger partial charge on any atom is 0.174 e. The maximum absolute atomic E-state index is 11.1. The number of carbonyl (C=O) groups excluding carboxylic acids is 1. The van der Waals surface area contributed by atoms with Crippen molar-refractivity contribution in [2.45, 2.75) is 0 Å². The summed E-state index contributed by atoms with van der Waals surface area (Å²) >= 11 is 0. The molecule has 4 heteroatoms. The minimum atomic E-state index is -1.31. The molecule has 0 atom stereocenters. The number of hydrogen-bond donors (Lipinski definition) is 0. The highest BCUT2D eigenvalue weighted by molar-refractivity contribution is 5.99. The summed E-state index contributed by atoms with van der Waals surface area (Å²) in [7, 11) is 0. The Kier molecular flexibility index (Phi) is 2.01. The van der Waals surface area contributed by atoms with Gasteiger partial charge in [-0.3, -0.25) is 0 Å². The second kappa shape index (κ2) is 3.52. The van der Waals surface area contributed by atoms with Gasteiger partial charge in [0.25, 0.3) is 0 Å². The fourth-order valence-electron chi connectivity index (χ4n) is 1.91. The van der Waals surface area contributed by atoms with E-state index in [2.05, 4.69) is 0 Å². The third-order valence-electron chi connectivity index (χ3n) is 2.62. The molecule has 17 heavy (non-hydrogen) atoms. The van der Waals surface area contributed by atoms with Gasteiger partial charge in [-0.2, -0.15) is 0 Å². The molecule has 2 heterocycles. The first-order valence-corrected chi connectivity index (χ1v) is 5.13. The van der Waals surface area contributed by atoms with Crippen molar-refractivity contribution in [3.63, 3.8) is 0 Å². The first-order chi connectivity index (χ1) is 8.27. The van der Waals surface area contributed by atoms with E-state index >= 15 is 0 Å². The molecule has 84 valence electrons. The Morgan fingerprint density at radius 3 is 2.53 bits per heavy atom. The number of hydrogen-bond acceptors (Lipinski definition) is 3. The number of para-hydroxylation sites is 1. The SMILES string of the molecule is O=C([O-])c1oc2ccccc2c1-n1cccc1. The van der Waals surface area contributed by atoms with Crippen LogP contribution in [0, 0.1) is 0 Å². The van der Waals surface area contributed by atoms with Crippen LogP contribution < -0.4 is 5.11 Å². The van der Waals surface area contributed by atoms with Crippen molar-refractivity contribution in [3.05, 3.63) is 54.6 Å². The van der Waals surface area contributed by atoms with Gasteiger partial charge in [0.05, 0.1) is 0 Å². The maximum atomic E-state index is 11.1. The van der Waals surface area contributed by atoms with Crippen LogP contribution in [-0.2, 0) is 0 Å². The van der Waals surface area contributed by atoms with E-state index in [9.17, 15) is 9.90 Å². The number of benzene rings is 1. The van der Waals surface area contributed by atoms with Crippen LogP contribution in [0.3, 0.4) is 0 Å². The van der Waals surface area contributed by atoms with Crippen molar-refractivity contribution in [3.8, 4) is 5.69 Å². The van der Waals surface area contributed by atoms with Gasteiger partial charge in [0.1, 0.15) is 17.2 Å². The average Bonchev–Trinajstić information content (AvgIpc) is 2.94. The molecule has 0 saturated carbocycles. The van der Waals surface area contributed by atoms with E-state index < -0.39 is 5.97 Å². The first-order valence-electron chi connectivity index (χ1n) is 5.13. The second-order valence-electron chi connectivity index (χ2n) is 3.65. The lowest BCUT2D eigenvalue weighted by molar-refractivity contribution is -0.256. The summed E-state index contributed by atoms with van der Waals surface area (Å²) in [6.45, 7) is 0. The molecule has 0 radical (unpaired) electrons. The second-order valence-corrected chi connectivity index (χ2v) is 3.65. The number of carboxylic acids is 1. The molecule has 0 bridgehead atoms. The molecule has 0 aliphatic heterocycles. The third kappa shape index (κ3) is 1.42. The van der Waals surface area contributed by atoms with Gasteiger partial charge in [0.2, 0.25) is 0 Å². The number of aromatic carboxylic acids is 1. The van der Waals surface area contributed by atoms with Gasteiger partial charge in [-0.1, -0.05) is 12.1 Å². The zero-order chi connectivity index (χ0) is 11.8. The highest BCUT2D eigenvalue weighted by Crippen LogP contribution is 2.28. The molecule has 0 fully saturated rings. The molecule has 3 aromatic rings. The molecule has 2 aromatic heterocycles. The van der Waals surface area contributed by atoms with Gasteiger partial charge >= 0.3 is 0 Å². The molecule has 0 aliphatic rings. The van der Waals surface area contributed by atoms with Gasteiger partial charge in [0.15, 0.2) is 5.76 Å². The van der Waals surface area contributed by atoms with Crippen LogP contribution in [0.1, 0.15) is 10.6 Å². The summed E-state index contributed by atoms with van der Waals surface area (Å²) < 4.78 is 7.01. The fourth-order valence-corrected chi connectivity index (χ4v) is 1.91. The van der Waals surface area contributed by atoms with E-state index in [1.165, 1.54) is 0 Å². The summed E-state index contributed by atoms with van der Waals surface area (Å²) in [5.74, 6) is -1.47. The minimum Gasteiger partial charge on any atom is -0.541 e. The van der Waals surface area contributed by atoms with Crippen LogP contribution >= 0.6 is 0 Å². The quantitative estimate of drug-likeness (QED) is 0.666. The number of carboxylic acid groups (broad SMARTS) is 1. The number of fused-ring (bicyclic) bond motifs is 1. The van der Waals surface area contributed by atoms with Crippen LogP contribution in [0.5, 0.6) is 0 Å². The summed E-state index contributed by atoms with van der Waals surface area (Å²) in [6.07, 6.45) is 3.54. The van der Waals surface area contributed by atoms with Gasteiger partial charge in [0, 0.05) is 17.8 Å². The van der Waals surface area contributed by atoms with E-state index in [1.54, 1.807) is 29.1 Å². The smallest absolute Gasteiger partial charge is 0.174 e. The molecule has 3 rings (SSSR count). The molecular weight excluding hydrogens is 218 g/mol. The van der Waals surface area contributed by atoms with Crippen LogP contribution in [0.15, 0.2) is 53.2 Å². The van der Waals surface area contributed by atoms with Crippen molar-refractivity contribution in [1.29, 1.82) is 0 Å². The molecule has 4 nitrogen and oxygen atoms in total. The van der Waals surface area contributed by atoms with E-state index in [-0.39, 0.29) is 5.76 Å². The topological polar surface area (TPSA) is 58.2 Å². The molecule has 0 unspecified atom stereocenters. The van der Waals surface area contributed by atoms with Gasteiger partial charge < -0.3 is 18.9 Å². The highest BCUT2D eigenvalue weighted by atomic mass is 16.4. The Bertz CT molecular complexity index is 680. The zero-order valence-corrected chi connectivity index (χ0v) is 8.79. The van der Waals surface area contributed by atoms with Crippen LogP contribution in [0.2, 0.25) is 0 Å². The largest absolute Gasteiger partial charge is 0.541 e. The Morgan fingerprint density at radius 1 is 1.12 bits per heavy atom. The number of nitrogens with zero attached hydrogens (tertiary/aromatic N) is 1. The molecule has 0 amide bonds. The van der Waals surface area contributed by atoms with E-state index in [0.29, 0.717) is 11.3 Å². The predicted octanol–water partition coefficient (Wildman–Crippen LogP) is 1.59. The zero-order valence-electron chi connectivity index (χ0n) is 8.79. The van der Waals surface area contributed by atoms with Crippen molar-refractivity contribution in [1.82, 2.24) is 4.57 Å². The van der Waals surface area contributed by atoms with Crippen molar-refractivity contribution in [2.24, 2.45) is 0 Å². The van der Waals surface area contributed by atoms with Crippen molar-refractivity contribution in [2.75, 3.05) is 0 Å². The Labute approximate surface area is 96.7 Å². The highest BCUT2D eigenvalue weighted by Gasteiger charge is 2.15. The molecule has 1 aromatic carbocycles. The minimum absolute atomic E-state index is 0.151. The van der Waals surface area contributed by atoms with Gasteiger partial charge in [-0.25, -0.2) is 0 Å². The van der Waals surface area contributed by atoms with Gasteiger partial charge in [-0.15, -0.1) is 0 Å². The van der Waals surface area contributed by atoms with Crippen LogP contribution in [-0.4, -0.2) is 10.5 Å². The third-order valence-corrected chi connectivity index (χ3v) is 2.62. The summed E-state index contributed by atoms with van der Waals surface area (Å²) in [4.78, 5) is 11.1. The van der Waals surface area contributed by atoms with E-state index in [1.807, 2.05) is 24.3 Å². The standard InChI is InChI=1S/C13H9NO3/c15-13(16)12-11(14-7-3-4-8-14)9-5-1-2-6-10(9)17-12/h1-8H,(H,15,16)/p-1. The molecule has 0 N–H and O–H groups in total. The lowest BCUT2D eigenvalue weighted by atomic mass is 10.2. The fraction of sp³-hybridized carbons (Fsp3) is 0. The average molecular weight is 226 g/mol. The lowest BCUT2D eigenvalue weighted by Gasteiger charge is -2.04. The van der Waals surface area contributed by atoms with E-state index in [0.717, 1.165) is 5.39 Å². The number of furan rings is 1. The lowest BCUT2D eigenvalue weighted by Crippen LogP contribution is -2.23. The molecule has 0 spiro atoms. The Balaban J connectivity index is 2.40. The molecular formula is C13H8NO3-. The number of aromatic nitrogens is 1. The first kappa shape index (κ1) is 9.72. The van der Waals surface area contributed by atoms with Gasteiger partial charge in [-0.05, 0) is 24.3 Å². The predicted molar refractivity (Wildman–Crippen MR) is 59.9 cm³/mol. The van der Waals surface area contributed by atoms with Crippen LogP contribution in [0.4, 0.5) is 0 Å². The van der Waals surface area contributed by atoms with Crippen LogP contribution in [0.25, 0.3) is 16.7 Å². The Hall–Kier alpha value is -2.49. The van der Waals surface area contributed by atoms with E-state index in [4.69, 9.17) is 4.42 Å². The normalized spacial score (nSPS) is 10.8. The summed E-state index contributed by atoms with van der Waals surface area (Å²) in [5.41, 5.74) is 1.04. The van der Waals surface area contributed by atoms with Crippen molar-refractivity contribution >= 4 is 16.9 Å². The molecule has 0 aliphatic carbocycles. The number of carbonyl (C=O) groups is 1. The Morgan fingerprint density at radius 2 is 1.82 bits per heavy atom. The van der Waals surface area contributed by atoms with Crippen molar-refractivity contribution < 1.29 is 14.3 Å². The summed E-state index contributed by atoms with van der Waals surface area (Å²) in [6, 6.07) is 10.8.